The van der Waals surface area contributed by atoms with Crippen molar-refractivity contribution in [2.45, 2.75) is 44.3 Å². The van der Waals surface area contributed by atoms with E-state index in [1.807, 2.05) is 12.1 Å². The van der Waals surface area contributed by atoms with Gasteiger partial charge in [-0.05, 0) is 31.9 Å². The smallest absolute Gasteiger partial charge is 0.163 e. The van der Waals surface area contributed by atoms with E-state index >= 15 is 0 Å². The molecular weight excluding hydrogens is 272 g/mol. The van der Waals surface area contributed by atoms with E-state index in [4.69, 9.17) is 4.74 Å². The molecule has 0 radical (unpaired) electrons. The highest BCUT2D eigenvalue weighted by Gasteiger charge is 2.19. The van der Waals surface area contributed by atoms with Crippen LogP contribution in [0.5, 0.6) is 5.75 Å². The third-order valence-electron chi connectivity index (χ3n) is 3.73. The fraction of sp³-hybridized carbons (Fsp3) is 0.562. The van der Waals surface area contributed by atoms with E-state index in [1.165, 1.54) is 26.2 Å². The molecule has 1 aromatic carbocycles. The first-order valence-corrected chi connectivity index (χ1v) is 8.66. The molecule has 1 atom stereocenters. The summed E-state index contributed by atoms with van der Waals surface area (Å²) in [5.41, 5.74) is 0.593. The van der Waals surface area contributed by atoms with Crippen LogP contribution in [0, 0.1) is 0 Å². The van der Waals surface area contributed by atoms with Gasteiger partial charge in [0.05, 0.1) is 17.9 Å². The van der Waals surface area contributed by atoms with E-state index in [2.05, 4.69) is 0 Å². The summed E-state index contributed by atoms with van der Waals surface area (Å²) in [6, 6.07) is 7.22. The minimum atomic E-state index is -0.807. The fourth-order valence-corrected chi connectivity index (χ4v) is 4.05. The summed E-state index contributed by atoms with van der Waals surface area (Å²) in [5.74, 6) is 1.14. The lowest BCUT2D eigenvalue weighted by atomic mass is 10.0. The average molecular weight is 294 g/mol. The Hall–Kier alpha value is -1.16. The third-order valence-corrected chi connectivity index (χ3v) is 5.52. The molecule has 0 aliphatic heterocycles. The number of benzene rings is 1. The Kier molecular flexibility index (Phi) is 5.77. The first-order chi connectivity index (χ1) is 9.68. The summed E-state index contributed by atoms with van der Waals surface area (Å²) in [5, 5.41) is 0.343. The molecular formula is C16H22O3S. The summed E-state index contributed by atoms with van der Waals surface area (Å²) in [6.45, 7) is 1.94. The van der Waals surface area contributed by atoms with Gasteiger partial charge < -0.3 is 4.74 Å². The molecule has 3 nitrogen and oxygen atoms in total. The lowest BCUT2D eigenvalue weighted by molar-refractivity contribution is 0.101. The third kappa shape index (κ3) is 4.17. The molecule has 0 amide bonds. The van der Waals surface area contributed by atoms with E-state index in [9.17, 15) is 9.00 Å². The number of hydrogen-bond donors (Lipinski definition) is 0. The van der Waals surface area contributed by atoms with Crippen LogP contribution in [0.4, 0.5) is 0 Å². The quantitative estimate of drug-likeness (QED) is 0.756. The maximum Gasteiger partial charge on any atom is 0.163 e. The normalized spacial score (nSPS) is 17.6. The molecule has 0 bridgehead atoms. The number of Topliss-reactive ketones (excluding diaryl/α,β-unsaturated/α-hetero) is 1. The van der Waals surface area contributed by atoms with Crippen molar-refractivity contribution in [1.82, 2.24) is 0 Å². The van der Waals surface area contributed by atoms with Gasteiger partial charge in [0.2, 0.25) is 0 Å². The zero-order valence-corrected chi connectivity index (χ0v) is 12.8. The van der Waals surface area contributed by atoms with Crippen molar-refractivity contribution >= 4 is 16.6 Å². The monoisotopic (exact) mass is 294 g/mol. The highest BCUT2D eigenvalue weighted by molar-refractivity contribution is 7.85. The lowest BCUT2D eigenvalue weighted by Gasteiger charge is -2.21. The number of carbonyl (C=O) groups is 1. The van der Waals surface area contributed by atoms with E-state index in [1.54, 1.807) is 12.1 Å². The first kappa shape index (κ1) is 15.2. The van der Waals surface area contributed by atoms with Gasteiger partial charge in [0.25, 0.3) is 0 Å². The minimum absolute atomic E-state index is 0.00555. The number of para-hydroxylation sites is 1. The lowest BCUT2D eigenvalue weighted by Crippen LogP contribution is -2.23. The SMILES string of the molecule is CC(=O)c1ccccc1OCCS(=O)C1CCCCC1. The van der Waals surface area contributed by atoms with Gasteiger partial charge in [-0.2, -0.15) is 0 Å². The Morgan fingerprint density at radius 3 is 2.65 bits per heavy atom. The number of carbonyl (C=O) groups excluding carboxylic acids is 1. The van der Waals surface area contributed by atoms with Gasteiger partial charge in [0, 0.05) is 16.0 Å². The topological polar surface area (TPSA) is 43.4 Å². The molecule has 1 saturated carbocycles. The van der Waals surface area contributed by atoms with Gasteiger partial charge in [0.1, 0.15) is 5.75 Å². The molecule has 1 aliphatic rings. The second-order valence-electron chi connectivity index (χ2n) is 5.25. The molecule has 0 aromatic heterocycles. The molecule has 0 N–H and O–H groups in total. The minimum Gasteiger partial charge on any atom is -0.492 e. The molecule has 0 saturated heterocycles. The molecule has 4 heteroatoms. The highest BCUT2D eigenvalue weighted by Crippen LogP contribution is 2.22. The van der Waals surface area contributed by atoms with Crippen LogP contribution in [-0.4, -0.2) is 27.6 Å². The van der Waals surface area contributed by atoms with Gasteiger partial charge in [-0.3, -0.25) is 9.00 Å². The van der Waals surface area contributed by atoms with Gasteiger partial charge in [-0.15, -0.1) is 0 Å². The number of ketones is 1. The van der Waals surface area contributed by atoms with E-state index < -0.39 is 10.8 Å². The van der Waals surface area contributed by atoms with Crippen molar-refractivity contribution in [1.29, 1.82) is 0 Å². The van der Waals surface area contributed by atoms with Crippen molar-refractivity contribution in [3.63, 3.8) is 0 Å². The van der Waals surface area contributed by atoms with Crippen molar-refractivity contribution < 1.29 is 13.7 Å². The van der Waals surface area contributed by atoms with Crippen LogP contribution in [0.25, 0.3) is 0 Å². The van der Waals surface area contributed by atoms with Crippen LogP contribution < -0.4 is 4.74 Å². The zero-order valence-electron chi connectivity index (χ0n) is 12.0. The summed E-state index contributed by atoms with van der Waals surface area (Å²) in [6.07, 6.45) is 5.83. The van der Waals surface area contributed by atoms with Gasteiger partial charge in [-0.25, -0.2) is 0 Å². The van der Waals surface area contributed by atoms with Crippen LogP contribution in [0.3, 0.4) is 0 Å². The Bertz CT molecular complexity index is 478. The Morgan fingerprint density at radius 2 is 1.95 bits per heavy atom. The molecule has 1 fully saturated rings. The van der Waals surface area contributed by atoms with Crippen LogP contribution in [0.1, 0.15) is 49.4 Å². The number of hydrogen-bond acceptors (Lipinski definition) is 3. The molecule has 20 heavy (non-hydrogen) atoms. The Balaban J connectivity index is 1.83. The Morgan fingerprint density at radius 1 is 1.25 bits per heavy atom. The second-order valence-corrected chi connectivity index (χ2v) is 7.08. The summed E-state index contributed by atoms with van der Waals surface area (Å²) in [7, 11) is -0.807. The van der Waals surface area contributed by atoms with Crippen molar-refractivity contribution in [3.8, 4) is 5.75 Å². The van der Waals surface area contributed by atoms with Crippen LogP contribution >= 0.6 is 0 Å². The van der Waals surface area contributed by atoms with Gasteiger partial charge >= 0.3 is 0 Å². The molecule has 0 heterocycles. The number of rotatable bonds is 6. The van der Waals surface area contributed by atoms with Gasteiger partial charge in [0.15, 0.2) is 5.78 Å². The predicted molar refractivity (Wildman–Crippen MR) is 81.8 cm³/mol. The molecule has 1 unspecified atom stereocenters. The largest absolute Gasteiger partial charge is 0.492 e. The molecule has 2 rings (SSSR count). The highest BCUT2D eigenvalue weighted by atomic mass is 32.2. The van der Waals surface area contributed by atoms with Crippen molar-refractivity contribution in [3.05, 3.63) is 29.8 Å². The summed E-state index contributed by atoms with van der Waals surface area (Å²) in [4.78, 5) is 11.5. The van der Waals surface area contributed by atoms with Gasteiger partial charge in [-0.1, -0.05) is 31.4 Å². The first-order valence-electron chi connectivity index (χ1n) is 7.28. The second kappa shape index (κ2) is 7.58. The average Bonchev–Trinajstić information content (AvgIpc) is 2.48. The fourth-order valence-electron chi connectivity index (χ4n) is 2.61. The maximum absolute atomic E-state index is 12.2. The molecule has 1 aliphatic carbocycles. The van der Waals surface area contributed by atoms with Crippen LogP contribution in [0.15, 0.2) is 24.3 Å². The van der Waals surface area contributed by atoms with E-state index in [0.717, 1.165) is 12.8 Å². The van der Waals surface area contributed by atoms with Crippen molar-refractivity contribution in [2.24, 2.45) is 0 Å². The molecule has 1 aromatic rings. The Labute approximate surface area is 123 Å². The maximum atomic E-state index is 12.2. The molecule has 110 valence electrons. The standard InChI is InChI=1S/C16H22O3S/c1-13(17)15-9-5-6-10-16(15)19-11-12-20(18)14-7-3-2-4-8-14/h5-6,9-10,14H,2-4,7-8,11-12H2,1H3. The van der Waals surface area contributed by atoms with Crippen LogP contribution in [0.2, 0.25) is 0 Å². The predicted octanol–water partition coefficient (Wildman–Crippen LogP) is 3.35. The number of ether oxygens (including phenoxy) is 1. The zero-order chi connectivity index (χ0) is 14.4. The van der Waals surface area contributed by atoms with Crippen LogP contribution in [-0.2, 0) is 10.8 Å². The van der Waals surface area contributed by atoms with E-state index in [-0.39, 0.29) is 5.78 Å². The van der Waals surface area contributed by atoms with E-state index in [0.29, 0.717) is 28.9 Å². The molecule has 0 spiro atoms. The van der Waals surface area contributed by atoms with Crippen molar-refractivity contribution in [2.75, 3.05) is 12.4 Å². The summed E-state index contributed by atoms with van der Waals surface area (Å²) < 4.78 is 17.8. The summed E-state index contributed by atoms with van der Waals surface area (Å²) >= 11 is 0.